The number of likely N-dealkylation sites (N-methyl/N-ethyl adjacent to an activating group) is 1. The summed E-state index contributed by atoms with van der Waals surface area (Å²) >= 11 is 2.80. The highest BCUT2D eigenvalue weighted by Crippen LogP contribution is 2.26. The van der Waals surface area contributed by atoms with Gasteiger partial charge in [-0.3, -0.25) is 14.2 Å². The summed E-state index contributed by atoms with van der Waals surface area (Å²) in [6.45, 7) is 12.5. The molecule has 140 valence electrons. The molecule has 3 heterocycles. The van der Waals surface area contributed by atoms with Crippen LogP contribution >= 0.6 is 23.1 Å². The van der Waals surface area contributed by atoms with Crippen LogP contribution in [0.25, 0.3) is 10.2 Å². The number of hydrogen-bond donors (Lipinski definition) is 0. The second-order valence-electron chi connectivity index (χ2n) is 6.26. The van der Waals surface area contributed by atoms with E-state index in [-0.39, 0.29) is 16.7 Å². The van der Waals surface area contributed by atoms with E-state index in [1.165, 1.54) is 23.1 Å². The van der Waals surface area contributed by atoms with Crippen LogP contribution in [0.4, 0.5) is 0 Å². The second-order valence-corrected chi connectivity index (χ2v) is 8.46. The van der Waals surface area contributed by atoms with E-state index in [1.54, 1.807) is 16.7 Å². The van der Waals surface area contributed by atoms with Crippen molar-refractivity contribution in [3.05, 3.63) is 34.5 Å². The van der Waals surface area contributed by atoms with Crippen LogP contribution in [0.5, 0.6) is 0 Å². The van der Waals surface area contributed by atoms with Crippen LogP contribution in [0.1, 0.15) is 13.8 Å². The Balaban J connectivity index is 1.79. The van der Waals surface area contributed by atoms with Gasteiger partial charge in [-0.05, 0) is 24.9 Å². The largest absolute Gasteiger partial charge is 0.339 e. The number of carbonyl (C=O) groups excluding carboxylic acids is 1. The van der Waals surface area contributed by atoms with Gasteiger partial charge in [0, 0.05) is 32.7 Å². The molecular formula is C18H24N4O2S2. The predicted octanol–water partition coefficient (Wildman–Crippen LogP) is 2.29. The highest BCUT2D eigenvalue weighted by atomic mass is 32.2. The lowest BCUT2D eigenvalue weighted by Gasteiger charge is -2.35. The highest BCUT2D eigenvalue weighted by molar-refractivity contribution is 8.00. The first-order valence-corrected chi connectivity index (χ1v) is 10.6. The zero-order valence-corrected chi connectivity index (χ0v) is 16.8. The van der Waals surface area contributed by atoms with Gasteiger partial charge in [-0.25, -0.2) is 4.98 Å². The number of thiophene rings is 1. The number of nitrogens with zero attached hydrogens (tertiary/aromatic N) is 4. The average Bonchev–Trinajstić information content (AvgIpc) is 3.13. The second kappa shape index (κ2) is 8.37. The predicted molar refractivity (Wildman–Crippen MR) is 108 cm³/mol. The Labute approximate surface area is 161 Å². The monoisotopic (exact) mass is 392 g/mol. The van der Waals surface area contributed by atoms with Crippen LogP contribution in [0.2, 0.25) is 0 Å². The maximum atomic E-state index is 12.8. The smallest absolute Gasteiger partial charge is 0.263 e. The molecule has 0 saturated carbocycles. The van der Waals surface area contributed by atoms with Crippen LogP contribution in [-0.2, 0) is 11.3 Å². The summed E-state index contributed by atoms with van der Waals surface area (Å²) in [5.41, 5.74) is -0.0742. The van der Waals surface area contributed by atoms with Gasteiger partial charge in [-0.15, -0.1) is 17.9 Å². The summed E-state index contributed by atoms with van der Waals surface area (Å²) in [6, 6.07) is 1.80. The molecule has 2 aromatic heterocycles. The van der Waals surface area contributed by atoms with Crippen LogP contribution in [0.3, 0.4) is 0 Å². The van der Waals surface area contributed by atoms with Gasteiger partial charge in [0.1, 0.15) is 4.83 Å². The van der Waals surface area contributed by atoms with Gasteiger partial charge in [0.15, 0.2) is 5.16 Å². The van der Waals surface area contributed by atoms with Gasteiger partial charge >= 0.3 is 0 Å². The number of hydrogen-bond acceptors (Lipinski definition) is 6. The standard InChI is InChI=1S/C18H24N4O2S2/c1-4-7-22-17(24)14-6-12-25-15(14)19-18(22)26-13(3)16(23)21-10-8-20(5-2)9-11-21/h4,6,12-13H,1,5,7-11H2,2-3H3. The SMILES string of the molecule is C=CCn1c(SC(C)C(=O)N2CCN(CC)CC2)nc2sccc2c1=O. The Morgan fingerprint density at radius 1 is 1.42 bits per heavy atom. The molecule has 0 N–H and O–H groups in total. The molecule has 1 aliphatic heterocycles. The third-order valence-corrected chi connectivity index (χ3v) is 6.51. The van der Waals surface area contributed by atoms with E-state index in [9.17, 15) is 9.59 Å². The summed E-state index contributed by atoms with van der Waals surface area (Å²) < 4.78 is 1.60. The molecule has 0 aliphatic carbocycles. The molecule has 1 atom stereocenters. The van der Waals surface area contributed by atoms with Crippen LogP contribution < -0.4 is 5.56 Å². The number of aromatic nitrogens is 2. The molecule has 1 amide bonds. The van der Waals surface area contributed by atoms with Crippen molar-refractivity contribution in [1.82, 2.24) is 19.4 Å². The fourth-order valence-electron chi connectivity index (χ4n) is 3.06. The molecule has 1 saturated heterocycles. The van der Waals surface area contributed by atoms with E-state index >= 15 is 0 Å². The fraction of sp³-hybridized carbons (Fsp3) is 0.500. The Kier molecular flexibility index (Phi) is 6.16. The van der Waals surface area contributed by atoms with Crippen LogP contribution in [0, 0.1) is 0 Å². The average molecular weight is 393 g/mol. The summed E-state index contributed by atoms with van der Waals surface area (Å²) in [5.74, 6) is 0.108. The number of carbonyl (C=O) groups is 1. The molecule has 1 aliphatic rings. The summed E-state index contributed by atoms with van der Waals surface area (Å²) in [7, 11) is 0. The molecule has 1 unspecified atom stereocenters. The first kappa shape index (κ1) is 19.1. The molecule has 0 bridgehead atoms. The molecular weight excluding hydrogens is 368 g/mol. The number of fused-ring (bicyclic) bond motifs is 1. The lowest BCUT2D eigenvalue weighted by molar-refractivity contribution is -0.132. The molecule has 1 fully saturated rings. The zero-order valence-electron chi connectivity index (χ0n) is 15.2. The Bertz CT molecular complexity index is 852. The van der Waals surface area contributed by atoms with E-state index in [1.807, 2.05) is 17.2 Å². The van der Waals surface area contributed by atoms with Gasteiger partial charge in [0.2, 0.25) is 5.91 Å². The first-order chi connectivity index (χ1) is 12.5. The van der Waals surface area contributed by atoms with E-state index in [0.29, 0.717) is 21.9 Å². The van der Waals surface area contributed by atoms with Gasteiger partial charge in [-0.2, -0.15) is 0 Å². The van der Waals surface area contributed by atoms with Gasteiger partial charge in [0.25, 0.3) is 5.56 Å². The topological polar surface area (TPSA) is 58.4 Å². The van der Waals surface area contributed by atoms with Gasteiger partial charge in [-0.1, -0.05) is 24.8 Å². The minimum Gasteiger partial charge on any atom is -0.339 e. The van der Waals surface area contributed by atoms with Crippen LogP contribution in [-0.4, -0.2) is 63.2 Å². The van der Waals surface area contributed by atoms with E-state index < -0.39 is 0 Å². The summed E-state index contributed by atoms with van der Waals surface area (Å²) in [5, 5.41) is 2.78. The van der Waals surface area contributed by atoms with Crippen molar-refractivity contribution in [2.45, 2.75) is 30.8 Å². The molecule has 3 rings (SSSR count). The Morgan fingerprint density at radius 2 is 2.15 bits per heavy atom. The molecule has 8 heteroatoms. The van der Waals surface area contributed by atoms with Gasteiger partial charge < -0.3 is 9.80 Å². The third kappa shape index (κ3) is 3.87. The van der Waals surface area contributed by atoms with Crippen molar-refractivity contribution >= 4 is 39.2 Å². The number of rotatable bonds is 6. The van der Waals surface area contributed by atoms with Crippen molar-refractivity contribution in [2.75, 3.05) is 32.7 Å². The quantitative estimate of drug-likeness (QED) is 0.429. The van der Waals surface area contributed by atoms with E-state index in [2.05, 4.69) is 23.4 Å². The molecule has 6 nitrogen and oxygen atoms in total. The number of piperazine rings is 1. The first-order valence-electron chi connectivity index (χ1n) is 8.81. The van der Waals surface area contributed by atoms with Crippen molar-refractivity contribution in [1.29, 1.82) is 0 Å². The lowest BCUT2D eigenvalue weighted by Crippen LogP contribution is -2.50. The molecule has 0 aromatic carbocycles. The summed E-state index contributed by atoms with van der Waals surface area (Å²) in [6.07, 6.45) is 1.68. The third-order valence-electron chi connectivity index (χ3n) is 4.62. The number of amides is 1. The van der Waals surface area contributed by atoms with E-state index in [0.717, 1.165) is 32.7 Å². The van der Waals surface area contributed by atoms with Gasteiger partial charge in [0.05, 0.1) is 10.6 Å². The normalized spacial score (nSPS) is 16.8. The zero-order chi connectivity index (χ0) is 18.7. The minimum absolute atomic E-state index is 0.0742. The Morgan fingerprint density at radius 3 is 2.81 bits per heavy atom. The minimum atomic E-state index is -0.288. The van der Waals surface area contributed by atoms with E-state index in [4.69, 9.17) is 0 Å². The van der Waals surface area contributed by atoms with Crippen molar-refractivity contribution in [2.24, 2.45) is 0 Å². The Hall–Kier alpha value is -1.64. The number of allylic oxidation sites excluding steroid dienone is 1. The molecule has 2 aromatic rings. The molecule has 0 spiro atoms. The van der Waals surface area contributed by atoms with Crippen molar-refractivity contribution in [3.8, 4) is 0 Å². The van der Waals surface area contributed by atoms with Crippen molar-refractivity contribution in [3.63, 3.8) is 0 Å². The molecule has 26 heavy (non-hydrogen) atoms. The highest BCUT2D eigenvalue weighted by Gasteiger charge is 2.26. The molecule has 0 radical (unpaired) electrons. The maximum absolute atomic E-state index is 12.8. The maximum Gasteiger partial charge on any atom is 0.263 e. The summed E-state index contributed by atoms with van der Waals surface area (Å²) in [4.78, 5) is 35.1. The number of thioether (sulfide) groups is 1. The lowest BCUT2D eigenvalue weighted by atomic mass is 10.3. The van der Waals surface area contributed by atoms with Crippen LogP contribution in [0.15, 0.2) is 34.1 Å². The fourth-order valence-corrected chi connectivity index (χ4v) is 4.87. The van der Waals surface area contributed by atoms with Crippen molar-refractivity contribution < 1.29 is 4.79 Å².